The third kappa shape index (κ3) is 5.59. The Morgan fingerprint density at radius 1 is 1.14 bits per heavy atom. The van der Waals surface area contributed by atoms with Gasteiger partial charge in [-0.05, 0) is 51.0 Å². The second-order valence-electron chi connectivity index (χ2n) is 9.69. The molecule has 12 heteroatoms. The SMILES string of the molecule is CC1(C)CC(n2cc(-c3nc(Nc4ccc(N5CCOCC5=O)cc4)ncc3C(F)(F)F)cn2)CCO1. The van der Waals surface area contributed by atoms with Crippen molar-refractivity contribution in [2.75, 3.05) is 36.6 Å². The highest BCUT2D eigenvalue weighted by Crippen LogP contribution is 2.38. The van der Waals surface area contributed by atoms with Crippen molar-refractivity contribution >= 4 is 23.2 Å². The van der Waals surface area contributed by atoms with Crippen LogP contribution in [0.5, 0.6) is 0 Å². The molecule has 1 aromatic carbocycles. The van der Waals surface area contributed by atoms with Crippen molar-refractivity contribution in [3.05, 3.63) is 48.4 Å². The van der Waals surface area contributed by atoms with Gasteiger partial charge in [0.1, 0.15) is 12.2 Å². The molecule has 0 aliphatic carbocycles. The minimum atomic E-state index is -4.64. The maximum absolute atomic E-state index is 13.8. The molecular formula is C25H27F3N6O3. The van der Waals surface area contributed by atoms with E-state index in [1.807, 2.05) is 13.8 Å². The fourth-order valence-corrected chi connectivity index (χ4v) is 4.60. The molecule has 2 saturated heterocycles. The molecule has 2 aliphatic heterocycles. The van der Waals surface area contributed by atoms with E-state index in [9.17, 15) is 18.0 Å². The number of hydrogen-bond donors (Lipinski definition) is 1. The summed E-state index contributed by atoms with van der Waals surface area (Å²) in [5, 5.41) is 7.30. The second kappa shape index (κ2) is 9.75. The monoisotopic (exact) mass is 516 g/mol. The summed E-state index contributed by atoms with van der Waals surface area (Å²) in [4.78, 5) is 21.8. The summed E-state index contributed by atoms with van der Waals surface area (Å²) in [5.74, 6) is -0.120. The zero-order valence-electron chi connectivity index (χ0n) is 20.5. The highest BCUT2D eigenvalue weighted by molar-refractivity contribution is 5.95. The summed E-state index contributed by atoms with van der Waals surface area (Å²) >= 11 is 0. The van der Waals surface area contributed by atoms with Gasteiger partial charge in [-0.25, -0.2) is 9.97 Å². The summed E-state index contributed by atoms with van der Waals surface area (Å²) < 4.78 is 54.1. The number of aromatic nitrogens is 4. The van der Waals surface area contributed by atoms with Crippen LogP contribution in [-0.2, 0) is 20.4 Å². The highest BCUT2D eigenvalue weighted by Gasteiger charge is 2.36. The molecule has 3 aromatic rings. The van der Waals surface area contributed by atoms with E-state index in [2.05, 4.69) is 20.4 Å². The lowest BCUT2D eigenvalue weighted by atomic mass is 9.94. The van der Waals surface area contributed by atoms with Gasteiger partial charge >= 0.3 is 6.18 Å². The largest absolute Gasteiger partial charge is 0.419 e. The van der Waals surface area contributed by atoms with Crippen LogP contribution in [-0.4, -0.2) is 57.6 Å². The quantitative estimate of drug-likeness (QED) is 0.530. The van der Waals surface area contributed by atoms with Crippen molar-refractivity contribution in [2.24, 2.45) is 0 Å². The van der Waals surface area contributed by atoms with Crippen LogP contribution in [0.15, 0.2) is 42.9 Å². The number of carbonyl (C=O) groups excluding carboxylic acids is 1. The van der Waals surface area contributed by atoms with Crippen LogP contribution in [0.1, 0.15) is 38.3 Å². The molecule has 2 fully saturated rings. The molecule has 1 amide bonds. The first-order valence-corrected chi connectivity index (χ1v) is 12.0. The maximum Gasteiger partial charge on any atom is 0.419 e. The van der Waals surface area contributed by atoms with E-state index in [0.29, 0.717) is 37.6 Å². The first-order chi connectivity index (χ1) is 17.6. The third-order valence-electron chi connectivity index (χ3n) is 6.44. The van der Waals surface area contributed by atoms with Crippen molar-refractivity contribution < 1.29 is 27.4 Å². The van der Waals surface area contributed by atoms with Gasteiger partial charge in [0, 0.05) is 42.5 Å². The van der Waals surface area contributed by atoms with Crippen LogP contribution in [0.3, 0.4) is 0 Å². The standard InChI is InChI=1S/C25H27F3N6O3/c1-24(2)11-19(7-9-37-24)34-14-16(12-30-34)22-20(25(26,27)28)13-29-23(32-22)31-17-3-5-18(6-4-17)33-8-10-36-15-21(33)35/h3-6,12-14,19H,7-11,15H2,1-2H3,(H,29,31,32). The molecule has 0 saturated carbocycles. The predicted molar refractivity (Wildman–Crippen MR) is 129 cm³/mol. The number of hydrogen-bond acceptors (Lipinski definition) is 7. The first-order valence-electron chi connectivity index (χ1n) is 12.0. The first kappa shape index (κ1) is 25.2. The van der Waals surface area contributed by atoms with Gasteiger partial charge in [-0.2, -0.15) is 18.3 Å². The number of rotatable bonds is 5. The molecule has 5 rings (SSSR count). The average molecular weight is 517 g/mol. The van der Waals surface area contributed by atoms with Gasteiger partial charge in [-0.3, -0.25) is 9.48 Å². The number of nitrogens with zero attached hydrogens (tertiary/aromatic N) is 5. The molecule has 0 radical (unpaired) electrons. The molecule has 2 aromatic heterocycles. The Morgan fingerprint density at radius 2 is 1.92 bits per heavy atom. The zero-order valence-corrected chi connectivity index (χ0v) is 20.5. The molecule has 0 bridgehead atoms. The molecule has 1 N–H and O–H groups in total. The number of morpholine rings is 1. The van der Waals surface area contributed by atoms with E-state index in [1.165, 1.54) is 6.20 Å². The fraction of sp³-hybridized carbons (Fsp3) is 0.440. The molecule has 9 nitrogen and oxygen atoms in total. The summed E-state index contributed by atoms with van der Waals surface area (Å²) in [6, 6.07) is 6.93. The Kier molecular flexibility index (Phi) is 6.63. The van der Waals surface area contributed by atoms with Gasteiger partial charge in [-0.15, -0.1) is 0 Å². The van der Waals surface area contributed by atoms with Crippen molar-refractivity contribution in [1.29, 1.82) is 0 Å². The fourth-order valence-electron chi connectivity index (χ4n) is 4.60. The Balaban J connectivity index is 1.39. The van der Waals surface area contributed by atoms with Crippen LogP contribution in [0, 0.1) is 0 Å². The zero-order chi connectivity index (χ0) is 26.2. The molecule has 196 valence electrons. The van der Waals surface area contributed by atoms with Gasteiger partial charge in [0.2, 0.25) is 5.95 Å². The van der Waals surface area contributed by atoms with Gasteiger partial charge in [0.15, 0.2) is 0 Å². The molecular weight excluding hydrogens is 489 g/mol. The Bertz CT molecular complexity index is 1280. The average Bonchev–Trinajstić information content (AvgIpc) is 3.34. The summed E-state index contributed by atoms with van der Waals surface area (Å²) in [6.45, 7) is 5.47. The normalized spacial score (nSPS) is 20.2. The van der Waals surface area contributed by atoms with Crippen LogP contribution in [0.4, 0.5) is 30.5 Å². The minimum absolute atomic E-state index is 0.0122. The number of benzene rings is 1. The van der Waals surface area contributed by atoms with Crippen molar-refractivity contribution in [3.63, 3.8) is 0 Å². The molecule has 1 unspecified atom stereocenters. The minimum Gasteiger partial charge on any atom is -0.375 e. The Hall–Kier alpha value is -3.51. The maximum atomic E-state index is 13.8. The van der Waals surface area contributed by atoms with Gasteiger partial charge in [0.05, 0.1) is 30.1 Å². The number of amides is 1. The number of ether oxygens (including phenoxy) is 2. The van der Waals surface area contributed by atoms with E-state index >= 15 is 0 Å². The van der Waals surface area contributed by atoms with Gasteiger partial charge in [-0.1, -0.05) is 0 Å². The molecule has 0 spiro atoms. The van der Waals surface area contributed by atoms with E-state index < -0.39 is 11.7 Å². The molecule has 2 aliphatic rings. The smallest absolute Gasteiger partial charge is 0.375 e. The molecule has 1 atom stereocenters. The lowest BCUT2D eigenvalue weighted by molar-refractivity contribution is -0.137. The van der Waals surface area contributed by atoms with Crippen LogP contribution in [0.25, 0.3) is 11.3 Å². The van der Waals surface area contributed by atoms with E-state index in [4.69, 9.17) is 9.47 Å². The van der Waals surface area contributed by atoms with Crippen molar-refractivity contribution in [1.82, 2.24) is 19.7 Å². The van der Waals surface area contributed by atoms with Gasteiger partial charge < -0.3 is 19.7 Å². The lowest BCUT2D eigenvalue weighted by Crippen LogP contribution is -2.41. The topological polar surface area (TPSA) is 94.4 Å². The van der Waals surface area contributed by atoms with E-state index in [-0.39, 0.29) is 41.4 Å². The second-order valence-corrected chi connectivity index (χ2v) is 9.69. The van der Waals surface area contributed by atoms with E-state index in [1.54, 1.807) is 40.0 Å². The summed E-state index contributed by atoms with van der Waals surface area (Å²) in [6.07, 6.45) is 0.561. The Morgan fingerprint density at radius 3 is 2.62 bits per heavy atom. The number of alkyl halides is 3. The number of halogens is 3. The van der Waals surface area contributed by atoms with Crippen molar-refractivity contribution in [3.8, 4) is 11.3 Å². The van der Waals surface area contributed by atoms with Crippen LogP contribution >= 0.6 is 0 Å². The van der Waals surface area contributed by atoms with Gasteiger partial charge in [0.25, 0.3) is 5.91 Å². The lowest BCUT2D eigenvalue weighted by Gasteiger charge is -2.35. The Labute approximate surface area is 211 Å². The number of anilines is 3. The molecule has 4 heterocycles. The summed E-state index contributed by atoms with van der Waals surface area (Å²) in [5.41, 5.74) is 0.00213. The highest BCUT2D eigenvalue weighted by atomic mass is 19.4. The van der Waals surface area contributed by atoms with Crippen LogP contribution in [0.2, 0.25) is 0 Å². The summed E-state index contributed by atoms with van der Waals surface area (Å²) in [7, 11) is 0. The van der Waals surface area contributed by atoms with Crippen LogP contribution < -0.4 is 10.2 Å². The predicted octanol–water partition coefficient (Wildman–Crippen LogP) is 4.60. The van der Waals surface area contributed by atoms with E-state index in [0.717, 1.165) is 12.6 Å². The molecule has 37 heavy (non-hydrogen) atoms. The third-order valence-corrected chi connectivity index (χ3v) is 6.44. The number of nitrogens with one attached hydrogen (secondary N) is 1. The van der Waals surface area contributed by atoms with Crippen molar-refractivity contribution in [2.45, 2.75) is 44.5 Å². The number of carbonyl (C=O) groups is 1.